The molecular formula is C20H16N4O2S. The number of carbonyl (C=O) groups excluding carboxylic acids is 1. The molecule has 1 amide bonds. The second-order valence-electron chi connectivity index (χ2n) is 5.99. The number of amides is 1. The molecule has 0 bridgehead atoms. The molecule has 0 aliphatic carbocycles. The summed E-state index contributed by atoms with van der Waals surface area (Å²) in [6, 6.07) is 18.9. The molecule has 0 radical (unpaired) electrons. The monoisotopic (exact) mass is 376 g/mol. The number of anilines is 1. The van der Waals surface area contributed by atoms with Crippen LogP contribution in [-0.2, 0) is 11.3 Å². The van der Waals surface area contributed by atoms with Crippen LogP contribution in [0, 0.1) is 0 Å². The fraction of sp³-hybridized carbons (Fsp3) is 0.100. The van der Waals surface area contributed by atoms with Crippen molar-refractivity contribution < 1.29 is 4.79 Å². The standard InChI is InChI=1S/C20H16N4O2S/c25-18-13-21-24(17-9-5-4-8-15(17)18)11-10-19(26)22-20-12-16(23-27-20)14-6-2-1-3-7-14/h1-9,12-13H,10-11H2,(H,22,26). The van der Waals surface area contributed by atoms with Crippen LogP contribution in [0.3, 0.4) is 0 Å². The maximum Gasteiger partial charge on any atom is 0.226 e. The van der Waals surface area contributed by atoms with Crippen molar-refractivity contribution in [2.45, 2.75) is 13.0 Å². The molecule has 2 aromatic heterocycles. The Morgan fingerprint density at radius 2 is 1.85 bits per heavy atom. The summed E-state index contributed by atoms with van der Waals surface area (Å²) in [7, 11) is 0. The number of nitrogens with one attached hydrogen (secondary N) is 1. The molecule has 0 saturated heterocycles. The first-order valence-electron chi connectivity index (χ1n) is 8.47. The lowest BCUT2D eigenvalue weighted by Crippen LogP contribution is -2.17. The fourth-order valence-corrected chi connectivity index (χ4v) is 3.50. The molecule has 2 heterocycles. The largest absolute Gasteiger partial charge is 0.316 e. The third kappa shape index (κ3) is 3.78. The van der Waals surface area contributed by atoms with Crippen molar-refractivity contribution in [3.63, 3.8) is 0 Å². The maximum atomic E-state index is 12.3. The molecule has 0 saturated carbocycles. The Morgan fingerprint density at radius 3 is 2.70 bits per heavy atom. The third-order valence-corrected chi connectivity index (χ3v) is 4.86. The summed E-state index contributed by atoms with van der Waals surface area (Å²) in [5, 5.41) is 8.32. The second-order valence-corrected chi connectivity index (χ2v) is 6.79. The Balaban J connectivity index is 1.43. The van der Waals surface area contributed by atoms with E-state index in [1.807, 2.05) is 54.6 Å². The summed E-state index contributed by atoms with van der Waals surface area (Å²) < 4.78 is 6.06. The Hall–Kier alpha value is -3.32. The van der Waals surface area contributed by atoms with Gasteiger partial charge >= 0.3 is 0 Å². The molecule has 27 heavy (non-hydrogen) atoms. The topological polar surface area (TPSA) is 76.9 Å². The lowest BCUT2D eigenvalue weighted by Gasteiger charge is -2.08. The van der Waals surface area contributed by atoms with Crippen molar-refractivity contribution in [3.05, 3.63) is 77.1 Å². The average Bonchev–Trinajstić information content (AvgIpc) is 3.17. The van der Waals surface area contributed by atoms with Gasteiger partial charge in [-0.2, -0.15) is 9.47 Å². The Bertz CT molecular complexity index is 1150. The van der Waals surface area contributed by atoms with Gasteiger partial charge in [-0.1, -0.05) is 42.5 Å². The first kappa shape index (κ1) is 17.1. The van der Waals surface area contributed by atoms with Crippen molar-refractivity contribution in [2.24, 2.45) is 0 Å². The van der Waals surface area contributed by atoms with E-state index in [0.29, 0.717) is 16.9 Å². The van der Waals surface area contributed by atoms with Crippen molar-refractivity contribution in [1.82, 2.24) is 14.2 Å². The summed E-state index contributed by atoms with van der Waals surface area (Å²) in [6.45, 7) is 0.386. The highest BCUT2D eigenvalue weighted by Crippen LogP contribution is 2.25. The smallest absolute Gasteiger partial charge is 0.226 e. The first-order chi connectivity index (χ1) is 13.2. The van der Waals surface area contributed by atoms with Gasteiger partial charge in [-0.05, 0) is 23.7 Å². The fourth-order valence-electron chi connectivity index (χ4n) is 2.83. The van der Waals surface area contributed by atoms with Gasteiger partial charge in [-0.3, -0.25) is 14.3 Å². The zero-order chi connectivity index (χ0) is 18.6. The molecule has 0 spiro atoms. The van der Waals surface area contributed by atoms with Gasteiger partial charge in [0.2, 0.25) is 11.3 Å². The zero-order valence-electron chi connectivity index (χ0n) is 14.3. The first-order valence-corrected chi connectivity index (χ1v) is 9.25. The highest BCUT2D eigenvalue weighted by Gasteiger charge is 2.09. The van der Waals surface area contributed by atoms with Crippen LogP contribution in [0.5, 0.6) is 0 Å². The molecule has 4 aromatic rings. The molecule has 0 aliphatic heterocycles. The van der Waals surface area contributed by atoms with E-state index < -0.39 is 0 Å². The van der Waals surface area contributed by atoms with E-state index in [2.05, 4.69) is 14.8 Å². The molecule has 2 aromatic carbocycles. The predicted molar refractivity (Wildman–Crippen MR) is 107 cm³/mol. The van der Waals surface area contributed by atoms with E-state index in [4.69, 9.17) is 0 Å². The summed E-state index contributed by atoms with van der Waals surface area (Å²) >= 11 is 1.25. The quantitative estimate of drug-likeness (QED) is 0.578. The maximum absolute atomic E-state index is 12.3. The molecule has 0 unspecified atom stereocenters. The SMILES string of the molecule is O=C(CCn1ncc(=O)c2ccccc21)Nc1cc(-c2ccccc2)ns1. The normalized spacial score (nSPS) is 10.8. The van der Waals surface area contributed by atoms with Crippen LogP contribution in [0.4, 0.5) is 5.00 Å². The van der Waals surface area contributed by atoms with Crippen LogP contribution in [-0.4, -0.2) is 20.1 Å². The van der Waals surface area contributed by atoms with Crippen LogP contribution in [0.15, 0.2) is 71.7 Å². The van der Waals surface area contributed by atoms with E-state index in [1.54, 1.807) is 10.7 Å². The van der Waals surface area contributed by atoms with E-state index >= 15 is 0 Å². The Labute approximate surface area is 159 Å². The molecule has 6 nitrogen and oxygen atoms in total. The van der Waals surface area contributed by atoms with E-state index in [9.17, 15) is 9.59 Å². The molecule has 4 rings (SSSR count). The van der Waals surface area contributed by atoms with E-state index in [1.165, 1.54) is 17.7 Å². The van der Waals surface area contributed by atoms with E-state index in [-0.39, 0.29) is 17.8 Å². The second kappa shape index (κ2) is 7.51. The number of hydrogen-bond acceptors (Lipinski definition) is 5. The van der Waals surface area contributed by atoms with Crippen LogP contribution in [0.1, 0.15) is 6.42 Å². The number of aryl methyl sites for hydroxylation is 1. The van der Waals surface area contributed by atoms with Crippen molar-refractivity contribution in [3.8, 4) is 11.3 Å². The number of benzene rings is 2. The number of hydrogen-bond donors (Lipinski definition) is 1. The van der Waals surface area contributed by atoms with Crippen LogP contribution in [0.25, 0.3) is 22.2 Å². The van der Waals surface area contributed by atoms with Gasteiger partial charge in [-0.25, -0.2) is 0 Å². The number of nitrogens with zero attached hydrogens (tertiary/aromatic N) is 3. The molecule has 0 atom stereocenters. The van der Waals surface area contributed by atoms with Gasteiger partial charge in [0.05, 0.1) is 24.0 Å². The molecule has 0 fully saturated rings. The van der Waals surface area contributed by atoms with Crippen molar-refractivity contribution in [2.75, 3.05) is 5.32 Å². The number of rotatable bonds is 5. The minimum Gasteiger partial charge on any atom is -0.316 e. The number of fused-ring (bicyclic) bond motifs is 1. The summed E-state index contributed by atoms with van der Waals surface area (Å²) in [5.74, 6) is -0.122. The van der Waals surface area contributed by atoms with Crippen LogP contribution < -0.4 is 10.7 Å². The summed E-state index contributed by atoms with van der Waals surface area (Å²) in [6.07, 6.45) is 1.54. The van der Waals surface area contributed by atoms with Crippen molar-refractivity contribution in [1.29, 1.82) is 0 Å². The molecule has 1 N–H and O–H groups in total. The highest BCUT2D eigenvalue weighted by molar-refractivity contribution is 7.10. The summed E-state index contributed by atoms with van der Waals surface area (Å²) in [5.41, 5.74) is 2.45. The van der Waals surface area contributed by atoms with Gasteiger partial charge in [-0.15, -0.1) is 0 Å². The molecule has 7 heteroatoms. The van der Waals surface area contributed by atoms with Crippen LogP contribution >= 0.6 is 11.5 Å². The van der Waals surface area contributed by atoms with Crippen LogP contribution in [0.2, 0.25) is 0 Å². The highest BCUT2D eigenvalue weighted by atomic mass is 32.1. The van der Waals surface area contributed by atoms with Gasteiger partial charge in [0.25, 0.3) is 0 Å². The number of carbonyl (C=O) groups is 1. The molecule has 134 valence electrons. The average molecular weight is 376 g/mol. The minimum atomic E-state index is -0.122. The molecular weight excluding hydrogens is 360 g/mol. The Kier molecular flexibility index (Phi) is 4.76. The van der Waals surface area contributed by atoms with Gasteiger partial charge in [0.15, 0.2) is 0 Å². The predicted octanol–water partition coefficient (Wildman–Crippen LogP) is 3.55. The number of para-hydroxylation sites is 1. The third-order valence-electron chi connectivity index (χ3n) is 4.15. The van der Waals surface area contributed by atoms with Crippen molar-refractivity contribution >= 4 is 33.3 Å². The Morgan fingerprint density at radius 1 is 1.07 bits per heavy atom. The lowest BCUT2D eigenvalue weighted by atomic mass is 10.2. The van der Waals surface area contributed by atoms with E-state index in [0.717, 1.165) is 16.8 Å². The lowest BCUT2D eigenvalue weighted by molar-refractivity contribution is -0.116. The number of aromatic nitrogens is 3. The zero-order valence-corrected chi connectivity index (χ0v) is 15.1. The van der Waals surface area contributed by atoms with Gasteiger partial charge in [0.1, 0.15) is 5.00 Å². The van der Waals surface area contributed by atoms with Gasteiger partial charge in [0, 0.05) is 23.4 Å². The minimum absolute atomic E-state index is 0.121. The summed E-state index contributed by atoms with van der Waals surface area (Å²) in [4.78, 5) is 24.2. The molecule has 0 aliphatic rings. The van der Waals surface area contributed by atoms with Gasteiger partial charge < -0.3 is 5.32 Å².